The number of aliphatic hydroxyl groups excluding tert-OH is 1. The first-order chi connectivity index (χ1) is 9.87. The monoisotopic (exact) mass is 312 g/mol. The highest BCUT2D eigenvalue weighted by Crippen LogP contribution is 2.30. The largest absolute Gasteiger partial charge is 0.506 e. The molecule has 0 spiro atoms. The summed E-state index contributed by atoms with van der Waals surface area (Å²) in [7, 11) is 0. The van der Waals surface area contributed by atoms with Crippen molar-refractivity contribution >= 4 is 23.3 Å². The average molecular weight is 313 g/mol. The molecule has 0 atom stereocenters. The van der Waals surface area contributed by atoms with Gasteiger partial charge in [0.2, 0.25) is 0 Å². The van der Waals surface area contributed by atoms with Crippen LogP contribution < -0.4 is 0 Å². The maximum Gasteiger partial charge on any atom is 0.268 e. The molecule has 0 aliphatic carbocycles. The number of likely N-dealkylation sites (N-methyl/N-ethyl adjacent to an activating group) is 1. The van der Waals surface area contributed by atoms with Crippen LogP contribution in [0.2, 0.25) is 5.02 Å². The fourth-order valence-corrected chi connectivity index (χ4v) is 1.93. The van der Waals surface area contributed by atoms with E-state index >= 15 is 0 Å². The Morgan fingerprint density at radius 3 is 2.43 bits per heavy atom. The number of amides is 1. The number of carbonyl (C=O) groups is 1. The zero-order valence-corrected chi connectivity index (χ0v) is 12.3. The van der Waals surface area contributed by atoms with Crippen molar-refractivity contribution in [1.82, 2.24) is 4.90 Å². The van der Waals surface area contributed by atoms with E-state index in [9.17, 15) is 19.4 Å². The van der Waals surface area contributed by atoms with Crippen LogP contribution in [0.25, 0.3) is 5.76 Å². The van der Waals surface area contributed by atoms with Crippen LogP contribution in [0.5, 0.6) is 5.75 Å². The summed E-state index contributed by atoms with van der Waals surface area (Å²) in [4.78, 5) is 13.4. The minimum atomic E-state index is -1.06. The summed E-state index contributed by atoms with van der Waals surface area (Å²) in [6.45, 7) is 4.17. The number of benzene rings is 1. The van der Waals surface area contributed by atoms with Crippen LogP contribution in [0.3, 0.4) is 0 Å². The molecule has 1 amide bonds. The van der Waals surface area contributed by atoms with Gasteiger partial charge in [0.15, 0.2) is 17.1 Å². The summed E-state index contributed by atoms with van der Waals surface area (Å²) >= 11 is 5.61. The lowest BCUT2D eigenvalue weighted by atomic mass is 10.1. The molecule has 0 unspecified atom stereocenters. The molecule has 0 aliphatic heterocycles. The lowest BCUT2D eigenvalue weighted by molar-refractivity contribution is -0.126. The van der Waals surface area contributed by atoms with Gasteiger partial charge in [0.25, 0.3) is 5.91 Å². The summed E-state index contributed by atoms with van der Waals surface area (Å²) < 4.78 is 13.4. The standard InChI is InChI=1S/C14H14ClFN2O3/c1-3-18(4-2)14(21)9(7-17)12(19)8-5-10(15)13(20)11(16)6-8/h5-6,19-20H,3-4H2,1-2H3/b12-9-. The number of hydrogen-bond donors (Lipinski definition) is 2. The van der Waals surface area contributed by atoms with Gasteiger partial charge in [-0.15, -0.1) is 0 Å². The minimum absolute atomic E-state index is 0.160. The molecule has 0 heterocycles. The van der Waals surface area contributed by atoms with Crippen LogP contribution in [0.15, 0.2) is 17.7 Å². The highest BCUT2D eigenvalue weighted by Gasteiger charge is 2.22. The van der Waals surface area contributed by atoms with Gasteiger partial charge in [0, 0.05) is 18.7 Å². The van der Waals surface area contributed by atoms with Crippen molar-refractivity contribution in [3.8, 4) is 11.8 Å². The van der Waals surface area contributed by atoms with E-state index < -0.39 is 28.8 Å². The minimum Gasteiger partial charge on any atom is -0.506 e. The summed E-state index contributed by atoms with van der Waals surface area (Å²) in [5, 5.41) is 28.0. The van der Waals surface area contributed by atoms with E-state index in [4.69, 9.17) is 16.9 Å². The first kappa shape index (κ1) is 16.8. The van der Waals surface area contributed by atoms with Gasteiger partial charge in [-0.05, 0) is 26.0 Å². The van der Waals surface area contributed by atoms with Crippen molar-refractivity contribution in [3.63, 3.8) is 0 Å². The van der Waals surface area contributed by atoms with Crippen LogP contribution in [0.1, 0.15) is 19.4 Å². The molecular weight excluding hydrogens is 299 g/mol. The lowest BCUT2D eigenvalue weighted by Crippen LogP contribution is -2.31. The molecule has 0 bridgehead atoms. The Balaban J connectivity index is 3.38. The van der Waals surface area contributed by atoms with Crippen LogP contribution in [0.4, 0.5) is 4.39 Å². The summed E-state index contributed by atoms with van der Waals surface area (Å²) in [6, 6.07) is 3.48. The van der Waals surface area contributed by atoms with E-state index in [0.717, 1.165) is 12.1 Å². The van der Waals surface area contributed by atoms with Gasteiger partial charge in [-0.1, -0.05) is 11.6 Å². The first-order valence-corrected chi connectivity index (χ1v) is 6.56. The smallest absolute Gasteiger partial charge is 0.268 e. The number of phenols is 1. The third-order valence-electron chi connectivity index (χ3n) is 2.90. The molecule has 0 saturated heterocycles. The van der Waals surface area contributed by atoms with E-state index in [1.165, 1.54) is 4.90 Å². The maximum atomic E-state index is 13.4. The molecule has 1 aromatic rings. The van der Waals surface area contributed by atoms with Crippen molar-refractivity contribution in [2.24, 2.45) is 0 Å². The molecule has 0 aliphatic rings. The van der Waals surface area contributed by atoms with E-state index in [1.807, 2.05) is 0 Å². The molecule has 1 aromatic carbocycles. The van der Waals surface area contributed by atoms with Gasteiger partial charge in [-0.25, -0.2) is 4.39 Å². The molecule has 0 saturated carbocycles. The van der Waals surface area contributed by atoms with Crippen molar-refractivity contribution in [2.45, 2.75) is 13.8 Å². The summed E-state index contributed by atoms with van der Waals surface area (Å²) in [6.07, 6.45) is 0. The Hall–Kier alpha value is -2.26. The third kappa shape index (κ3) is 3.44. The van der Waals surface area contributed by atoms with Crippen LogP contribution in [-0.2, 0) is 4.79 Å². The molecule has 2 N–H and O–H groups in total. The second-order valence-corrected chi connectivity index (χ2v) is 4.51. The van der Waals surface area contributed by atoms with Crippen molar-refractivity contribution in [1.29, 1.82) is 5.26 Å². The number of halogens is 2. The maximum absolute atomic E-state index is 13.4. The van der Waals surface area contributed by atoms with E-state index in [0.29, 0.717) is 13.1 Å². The zero-order valence-electron chi connectivity index (χ0n) is 11.5. The molecule has 0 aromatic heterocycles. The molecular formula is C14H14ClFN2O3. The second-order valence-electron chi connectivity index (χ2n) is 4.10. The molecule has 0 fully saturated rings. The van der Waals surface area contributed by atoms with E-state index in [2.05, 4.69) is 0 Å². The fraction of sp³-hybridized carbons (Fsp3) is 0.286. The van der Waals surface area contributed by atoms with Gasteiger partial charge in [-0.2, -0.15) is 5.26 Å². The summed E-state index contributed by atoms with van der Waals surface area (Å²) in [5.74, 6) is -3.17. The van der Waals surface area contributed by atoms with Crippen LogP contribution >= 0.6 is 11.6 Å². The highest BCUT2D eigenvalue weighted by molar-refractivity contribution is 6.32. The first-order valence-electron chi connectivity index (χ1n) is 6.18. The number of phenolic OH excluding ortho intramolecular Hbond substituents is 1. The molecule has 1 rings (SSSR count). The molecule has 0 radical (unpaired) electrons. The number of rotatable bonds is 4. The molecule has 112 valence electrons. The quantitative estimate of drug-likeness (QED) is 0.508. The molecule has 7 heteroatoms. The Bertz CT molecular complexity index is 611. The fourth-order valence-electron chi connectivity index (χ4n) is 1.72. The average Bonchev–Trinajstić information content (AvgIpc) is 2.46. The van der Waals surface area contributed by atoms with Gasteiger partial charge in [0.1, 0.15) is 11.8 Å². The van der Waals surface area contributed by atoms with Gasteiger partial charge < -0.3 is 15.1 Å². The lowest BCUT2D eigenvalue weighted by Gasteiger charge is -2.18. The normalized spacial score (nSPS) is 11.6. The van der Waals surface area contributed by atoms with Crippen molar-refractivity contribution in [2.75, 3.05) is 13.1 Å². The van der Waals surface area contributed by atoms with Gasteiger partial charge in [0.05, 0.1) is 5.02 Å². The Labute approximate surface area is 126 Å². The number of nitriles is 1. The van der Waals surface area contributed by atoms with Crippen molar-refractivity contribution in [3.05, 3.63) is 34.1 Å². The van der Waals surface area contributed by atoms with E-state index in [-0.39, 0.29) is 10.6 Å². The van der Waals surface area contributed by atoms with Gasteiger partial charge >= 0.3 is 0 Å². The summed E-state index contributed by atoms with van der Waals surface area (Å²) in [5.41, 5.74) is -0.674. The number of nitrogens with zero attached hydrogens (tertiary/aromatic N) is 2. The molecule has 21 heavy (non-hydrogen) atoms. The Kier molecular flexibility index (Phi) is 5.56. The predicted octanol–water partition coefficient (Wildman–Crippen LogP) is 2.85. The zero-order chi connectivity index (χ0) is 16.2. The predicted molar refractivity (Wildman–Crippen MR) is 76.2 cm³/mol. The third-order valence-corrected chi connectivity index (χ3v) is 3.19. The number of hydrogen-bond acceptors (Lipinski definition) is 4. The van der Waals surface area contributed by atoms with E-state index in [1.54, 1.807) is 19.9 Å². The number of aromatic hydroxyl groups is 1. The Morgan fingerprint density at radius 2 is 2.00 bits per heavy atom. The topological polar surface area (TPSA) is 84.6 Å². The SMILES string of the molecule is CCN(CC)C(=O)/C(C#N)=C(\O)c1cc(F)c(O)c(Cl)c1. The van der Waals surface area contributed by atoms with Crippen molar-refractivity contribution < 1.29 is 19.4 Å². The molecule has 5 nitrogen and oxygen atoms in total. The highest BCUT2D eigenvalue weighted by atomic mass is 35.5. The number of carbonyl (C=O) groups excluding carboxylic acids is 1. The number of aliphatic hydroxyl groups is 1. The second kappa shape index (κ2) is 6.95. The van der Waals surface area contributed by atoms with Crippen LogP contribution in [0, 0.1) is 17.1 Å². The van der Waals surface area contributed by atoms with Crippen LogP contribution in [-0.4, -0.2) is 34.1 Å². The van der Waals surface area contributed by atoms with Gasteiger partial charge in [-0.3, -0.25) is 4.79 Å². The Morgan fingerprint density at radius 1 is 1.43 bits per heavy atom.